The number of para-hydroxylation sites is 1. The number of sulfonamides is 1. The number of carbonyl (C=O) groups excluding carboxylic acids is 2. The van der Waals surface area contributed by atoms with E-state index >= 15 is 0 Å². The van der Waals surface area contributed by atoms with Crippen LogP contribution in [-0.4, -0.2) is 60.6 Å². The minimum Gasteiger partial charge on any atom is -0.356 e. The van der Waals surface area contributed by atoms with E-state index in [0.29, 0.717) is 32.5 Å². The number of aromatic amines is 1. The zero-order valence-corrected chi connectivity index (χ0v) is 19.2. The Labute approximate surface area is 189 Å². The van der Waals surface area contributed by atoms with Crippen molar-refractivity contribution in [1.82, 2.24) is 14.2 Å². The van der Waals surface area contributed by atoms with Gasteiger partial charge in [0.05, 0.1) is 5.92 Å². The molecule has 0 spiro atoms. The summed E-state index contributed by atoms with van der Waals surface area (Å²) in [4.78, 5) is 30.2. The Balaban J connectivity index is 1.44. The number of benzene rings is 1. The summed E-state index contributed by atoms with van der Waals surface area (Å²) in [5.74, 6) is -0.763. The van der Waals surface area contributed by atoms with Crippen LogP contribution >= 0.6 is 0 Å². The Kier molecular flexibility index (Phi) is 6.66. The summed E-state index contributed by atoms with van der Waals surface area (Å²) in [5.41, 5.74) is 1.99. The van der Waals surface area contributed by atoms with E-state index in [1.165, 1.54) is 16.6 Å². The van der Waals surface area contributed by atoms with Crippen LogP contribution in [0.4, 0.5) is 5.69 Å². The third-order valence-corrected chi connectivity index (χ3v) is 8.17. The van der Waals surface area contributed by atoms with E-state index in [2.05, 4.69) is 10.3 Å². The van der Waals surface area contributed by atoms with Crippen molar-refractivity contribution in [3.63, 3.8) is 0 Å². The van der Waals surface area contributed by atoms with E-state index in [0.717, 1.165) is 30.5 Å². The number of aromatic nitrogens is 1. The normalized spacial score (nSPS) is 20.2. The molecule has 32 heavy (non-hydrogen) atoms. The number of hydrogen-bond donors (Lipinski definition) is 2. The van der Waals surface area contributed by atoms with Crippen LogP contribution in [0.1, 0.15) is 48.2 Å². The molecule has 2 fully saturated rings. The van der Waals surface area contributed by atoms with Gasteiger partial charge in [-0.1, -0.05) is 18.2 Å². The van der Waals surface area contributed by atoms with Crippen molar-refractivity contribution in [2.75, 3.05) is 31.5 Å². The van der Waals surface area contributed by atoms with Crippen molar-refractivity contribution in [1.29, 1.82) is 0 Å². The highest BCUT2D eigenvalue weighted by molar-refractivity contribution is 7.89. The van der Waals surface area contributed by atoms with Gasteiger partial charge in [0, 0.05) is 38.1 Å². The second-order valence-electron chi connectivity index (χ2n) is 8.61. The fourth-order valence-corrected chi connectivity index (χ4v) is 5.90. The number of nitrogens with one attached hydrogen (secondary N) is 2. The number of piperidine rings is 2. The van der Waals surface area contributed by atoms with Crippen LogP contribution in [0.3, 0.4) is 0 Å². The zero-order valence-electron chi connectivity index (χ0n) is 18.3. The Morgan fingerprint density at radius 1 is 1.06 bits per heavy atom. The van der Waals surface area contributed by atoms with Gasteiger partial charge >= 0.3 is 0 Å². The first-order chi connectivity index (χ1) is 15.4. The van der Waals surface area contributed by atoms with Crippen molar-refractivity contribution in [3.05, 3.63) is 47.8 Å². The largest absolute Gasteiger partial charge is 0.356 e. The van der Waals surface area contributed by atoms with Crippen molar-refractivity contribution < 1.29 is 18.0 Å². The topological polar surface area (TPSA) is 103 Å². The van der Waals surface area contributed by atoms with Crippen molar-refractivity contribution in [3.8, 4) is 0 Å². The standard InChI is InChI=1S/C23H30N4O4S/c1-17-8-3-4-10-20(17)25-22(28)18-9-7-13-27(16-18)32(30,31)19-14-21(24-15-19)23(29)26-11-5-2-6-12-26/h3-4,8,10,14-15,18,24H,2,5-7,9,11-13,16H2,1H3,(H,25,28). The molecule has 8 nitrogen and oxygen atoms in total. The van der Waals surface area contributed by atoms with Crippen LogP contribution in [-0.2, 0) is 14.8 Å². The van der Waals surface area contributed by atoms with Gasteiger partial charge in [-0.25, -0.2) is 8.42 Å². The summed E-state index contributed by atoms with van der Waals surface area (Å²) in [6.45, 7) is 3.80. The number of amides is 2. The molecule has 1 aromatic heterocycles. The lowest BCUT2D eigenvalue weighted by Gasteiger charge is -2.31. The lowest BCUT2D eigenvalue weighted by Crippen LogP contribution is -2.43. The second kappa shape index (κ2) is 9.46. The minimum atomic E-state index is -3.80. The number of anilines is 1. The highest BCUT2D eigenvalue weighted by Crippen LogP contribution is 2.26. The zero-order chi connectivity index (χ0) is 22.7. The smallest absolute Gasteiger partial charge is 0.270 e. The number of likely N-dealkylation sites (tertiary alicyclic amines) is 1. The first kappa shape index (κ1) is 22.5. The van der Waals surface area contributed by atoms with E-state index in [1.54, 1.807) is 4.90 Å². The first-order valence-corrected chi connectivity index (χ1v) is 12.6. The van der Waals surface area contributed by atoms with Crippen LogP contribution in [0.25, 0.3) is 0 Å². The maximum absolute atomic E-state index is 13.2. The molecule has 2 saturated heterocycles. The molecule has 2 aliphatic heterocycles. The predicted molar refractivity (Wildman–Crippen MR) is 122 cm³/mol. The molecule has 4 rings (SSSR count). The monoisotopic (exact) mass is 458 g/mol. The number of H-pyrrole nitrogens is 1. The number of hydrogen-bond acceptors (Lipinski definition) is 4. The molecule has 1 aromatic carbocycles. The highest BCUT2D eigenvalue weighted by atomic mass is 32.2. The molecule has 0 aliphatic carbocycles. The van der Waals surface area contributed by atoms with Gasteiger partial charge in [0.25, 0.3) is 5.91 Å². The Morgan fingerprint density at radius 3 is 2.56 bits per heavy atom. The van der Waals surface area contributed by atoms with E-state index in [4.69, 9.17) is 0 Å². The quantitative estimate of drug-likeness (QED) is 0.719. The van der Waals surface area contributed by atoms with Gasteiger partial charge in [-0.05, 0) is 56.7 Å². The van der Waals surface area contributed by atoms with Crippen molar-refractivity contribution in [2.45, 2.75) is 43.9 Å². The van der Waals surface area contributed by atoms with Crippen LogP contribution in [0.5, 0.6) is 0 Å². The Hall–Kier alpha value is -2.65. The minimum absolute atomic E-state index is 0.0674. The summed E-state index contributed by atoms with van der Waals surface area (Å²) in [6, 6.07) is 8.94. The number of carbonyl (C=O) groups is 2. The molecule has 1 atom stereocenters. The summed E-state index contributed by atoms with van der Waals surface area (Å²) in [6.07, 6.45) is 5.67. The van der Waals surface area contributed by atoms with Gasteiger partial charge in [-0.2, -0.15) is 4.31 Å². The molecule has 2 aromatic rings. The molecule has 2 amide bonds. The molecule has 0 radical (unpaired) electrons. The SMILES string of the molecule is Cc1ccccc1NC(=O)C1CCCN(S(=O)(=O)c2c[nH]c(C(=O)N3CCCCC3)c2)C1. The average molecular weight is 459 g/mol. The molecular formula is C23H30N4O4S. The van der Waals surface area contributed by atoms with Crippen LogP contribution in [0, 0.1) is 12.8 Å². The van der Waals surface area contributed by atoms with Crippen LogP contribution in [0.2, 0.25) is 0 Å². The number of nitrogens with zero attached hydrogens (tertiary/aromatic N) is 2. The molecule has 0 bridgehead atoms. The maximum atomic E-state index is 13.2. The molecule has 2 N–H and O–H groups in total. The van der Waals surface area contributed by atoms with Gasteiger partial charge < -0.3 is 15.2 Å². The number of rotatable bonds is 5. The molecular weight excluding hydrogens is 428 g/mol. The van der Waals surface area contributed by atoms with E-state index in [9.17, 15) is 18.0 Å². The molecule has 3 heterocycles. The van der Waals surface area contributed by atoms with Crippen molar-refractivity contribution in [2.24, 2.45) is 5.92 Å². The van der Waals surface area contributed by atoms with E-state index < -0.39 is 15.9 Å². The lowest BCUT2D eigenvalue weighted by atomic mass is 9.98. The Morgan fingerprint density at radius 2 is 1.81 bits per heavy atom. The lowest BCUT2D eigenvalue weighted by molar-refractivity contribution is -0.120. The van der Waals surface area contributed by atoms with Gasteiger partial charge in [0.15, 0.2) is 0 Å². The molecule has 1 unspecified atom stereocenters. The molecule has 172 valence electrons. The van der Waals surface area contributed by atoms with Crippen LogP contribution in [0.15, 0.2) is 41.4 Å². The van der Waals surface area contributed by atoms with E-state index in [1.807, 2.05) is 31.2 Å². The second-order valence-corrected chi connectivity index (χ2v) is 10.5. The average Bonchev–Trinajstić information content (AvgIpc) is 3.32. The van der Waals surface area contributed by atoms with Crippen LogP contribution < -0.4 is 5.32 Å². The summed E-state index contributed by atoms with van der Waals surface area (Å²) >= 11 is 0. The third-order valence-electron chi connectivity index (χ3n) is 6.33. The Bertz CT molecular complexity index is 1090. The van der Waals surface area contributed by atoms with Gasteiger partial charge in [-0.3, -0.25) is 9.59 Å². The van der Waals surface area contributed by atoms with E-state index in [-0.39, 0.29) is 28.9 Å². The fraction of sp³-hybridized carbons (Fsp3) is 0.478. The molecule has 0 saturated carbocycles. The first-order valence-electron chi connectivity index (χ1n) is 11.2. The van der Waals surface area contributed by atoms with Gasteiger partial charge in [0.1, 0.15) is 10.6 Å². The fourth-order valence-electron chi connectivity index (χ4n) is 4.39. The molecule has 2 aliphatic rings. The highest BCUT2D eigenvalue weighted by Gasteiger charge is 2.34. The maximum Gasteiger partial charge on any atom is 0.270 e. The van der Waals surface area contributed by atoms with Crippen molar-refractivity contribution >= 4 is 27.5 Å². The van der Waals surface area contributed by atoms with Gasteiger partial charge in [-0.15, -0.1) is 0 Å². The predicted octanol–water partition coefficient (Wildman–Crippen LogP) is 2.99. The van der Waals surface area contributed by atoms with Gasteiger partial charge in [0.2, 0.25) is 15.9 Å². The number of aryl methyl sites for hydroxylation is 1. The third kappa shape index (κ3) is 4.73. The summed E-state index contributed by atoms with van der Waals surface area (Å²) < 4.78 is 27.8. The summed E-state index contributed by atoms with van der Waals surface area (Å²) in [5, 5.41) is 2.93. The summed E-state index contributed by atoms with van der Waals surface area (Å²) in [7, 11) is -3.80. The molecule has 9 heteroatoms.